The molecule has 0 aromatic heterocycles. The van der Waals surface area contributed by atoms with Gasteiger partial charge in [-0.25, -0.2) is 4.79 Å². The smallest absolute Gasteiger partial charge is 0.341 e. The molecular formula is C42H44O5. The van der Waals surface area contributed by atoms with Crippen LogP contribution in [-0.4, -0.2) is 28.8 Å². The normalized spacial score (nSPS) is 11.4. The number of rotatable bonds is 14. The zero-order chi connectivity index (χ0) is 33.5. The van der Waals surface area contributed by atoms with E-state index in [1.54, 1.807) is 0 Å². The molecule has 5 aromatic carbocycles. The van der Waals surface area contributed by atoms with E-state index < -0.39 is 11.9 Å². The molecule has 2 N–H and O–H groups in total. The van der Waals surface area contributed by atoms with Crippen molar-refractivity contribution in [2.75, 3.05) is 6.61 Å². The van der Waals surface area contributed by atoms with Gasteiger partial charge in [-0.15, -0.1) is 0 Å². The fourth-order valence-electron chi connectivity index (χ4n) is 6.33. The Bertz CT molecular complexity index is 1880. The van der Waals surface area contributed by atoms with E-state index in [0.717, 1.165) is 47.1 Å². The van der Waals surface area contributed by atoms with Crippen LogP contribution in [0.1, 0.15) is 61.9 Å². The zero-order valence-electron chi connectivity index (χ0n) is 27.8. The Balaban J connectivity index is 1.62. The van der Waals surface area contributed by atoms with Crippen molar-refractivity contribution >= 4 is 22.7 Å². The van der Waals surface area contributed by atoms with E-state index >= 15 is 0 Å². The van der Waals surface area contributed by atoms with E-state index in [1.165, 1.54) is 33.0 Å². The van der Waals surface area contributed by atoms with Crippen LogP contribution in [-0.2, 0) is 35.3 Å². The summed E-state index contributed by atoms with van der Waals surface area (Å²) in [5.41, 5.74) is 10.2. The molecule has 5 heteroatoms. The molecule has 0 saturated carbocycles. The Hall–Kier alpha value is -4.90. The maximum absolute atomic E-state index is 11.3. The van der Waals surface area contributed by atoms with Crippen LogP contribution in [0.4, 0.5) is 0 Å². The highest BCUT2D eigenvalue weighted by atomic mass is 16.5. The van der Waals surface area contributed by atoms with Crippen LogP contribution < -0.4 is 4.74 Å². The lowest BCUT2D eigenvalue weighted by molar-refractivity contribution is -0.139. The van der Waals surface area contributed by atoms with Crippen molar-refractivity contribution in [2.45, 2.75) is 59.8 Å². The minimum absolute atomic E-state index is 0.115. The monoisotopic (exact) mass is 628 g/mol. The number of carboxylic acid groups (broad SMARTS) is 2. The van der Waals surface area contributed by atoms with Crippen LogP contribution in [0.5, 0.6) is 5.75 Å². The van der Waals surface area contributed by atoms with Gasteiger partial charge in [0, 0.05) is 6.42 Å². The topological polar surface area (TPSA) is 83.8 Å². The summed E-state index contributed by atoms with van der Waals surface area (Å²) in [6, 6.07) is 34.2. The highest BCUT2D eigenvalue weighted by molar-refractivity contribution is 5.83. The van der Waals surface area contributed by atoms with E-state index in [0.29, 0.717) is 24.0 Å². The van der Waals surface area contributed by atoms with E-state index in [1.807, 2.05) is 12.1 Å². The predicted octanol–water partition coefficient (Wildman–Crippen LogP) is 9.64. The number of ether oxygens (including phenoxy) is 1. The van der Waals surface area contributed by atoms with Crippen LogP contribution in [0.15, 0.2) is 97.1 Å². The van der Waals surface area contributed by atoms with Crippen molar-refractivity contribution in [3.63, 3.8) is 0 Å². The van der Waals surface area contributed by atoms with Gasteiger partial charge in [-0.3, -0.25) is 4.79 Å². The van der Waals surface area contributed by atoms with Gasteiger partial charge in [0.05, 0.1) is 0 Å². The Morgan fingerprint density at radius 3 is 1.94 bits per heavy atom. The molecule has 0 bridgehead atoms. The third-order valence-corrected chi connectivity index (χ3v) is 8.40. The van der Waals surface area contributed by atoms with Gasteiger partial charge in [-0.05, 0) is 110 Å². The third-order valence-electron chi connectivity index (χ3n) is 8.40. The molecular weight excluding hydrogens is 584 g/mol. The Labute approximate surface area is 277 Å². The molecule has 0 aliphatic carbocycles. The average molecular weight is 629 g/mol. The molecule has 242 valence electrons. The first-order chi connectivity index (χ1) is 22.5. The number of benzene rings is 5. The maximum atomic E-state index is 11.3. The molecule has 5 aromatic rings. The summed E-state index contributed by atoms with van der Waals surface area (Å²) in [6.45, 7) is 8.34. The summed E-state index contributed by atoms with van der Waals surface area (Å²) < 4.78 is 5.69. The number of fused-ring (bicyclic) bond motifs is 1. The van der Waals surface area contributed by atoms with Gasteiger partial charge in [0.1, 0.15) is 5.75 Å². The van der Waals surface area contributed by atoms with Crippen LogP contribution in [0, 0.1) is 11.8 Å². The molecule has 47 heavy (non-hydrogen) atoms. The molecule has 0 radical (unpaired) electrons. The first kappa shape index (κ1) is 33.5. The summed E-state index contributed by atoms with van der Waals surface area (Å²) in [7, 11) is 0. The van der Waals surface area contributed by atoms with Gasteiger partial charge in [0.2, 0.25) is 0 Å². The Morgan fingerprint density at radius 1 is 0.617 bits per heavy atom. The second kappa shape index (κ2) is 15.1. The van der Waals surface area contributed by atoms with Crippen LogP contribution in [0.2, 0.25) is 0 Å². The zero-order valence-corrected chi connectivity index (χ0v) is 27.8. The predicted molar refractivity (Wildman–Crippen MR) is 190 cm³/mol. The quantitative estimate of drug-likeness (QED) is 0.128. The number of aryl methyl sites for hydroxylation is 1. The van der Waals surface area contributed by atoms with Crippen molar-refractivity contribution < 1.29 is 24.5 Å². The Kier molecular flexibility index (Phi) is 10.8. The van der Waals surface area contributed by atoms with Gasteiger partial charge in [-0.2, -0.15) is 0 Å². The molecule has 0 aliphatic heterocycles. The van der Waals surface area contributed by atoms with Gasteiger partial charge in [0.25, 0.3) is 0 Å². The number of aliphatic carboxylic acids is 2. The summed E-state index contributed by atoms with van der Waals surface area (Å²) in [5, 5.41) is 20.9. The molecule has 5 nitrogen and oxygen atoms in total. The van der Waals surface area contributed by atoms with E-state index in [9.17, 15) is 19.8 Å². The summed E-state index contributed by atoms with van der Waals surface area (Å²) in [6.07, 6.45) is 3.03. The minimum atomic E-state index is -0.996. The Morgan fingerprint density at radius 2 is 1.23 bits per heavy atom. The highest BCUT2D eigenvalue weighted by Crippen LogP contribution is 2.36. The second-order valence-electron chi connectivity index (χ2n) is 13.3. The average Bonchev–Trinajstić information content (AvgIpc) is 3.02. The van der Waals surface area contributed by atoms with Crippen LogP contribution in [0.25, 0.3) is 33.0 Å². The van der Waals surface area contributed by atoms with E-state index in [2.05, 4.69) is 113 Å². The summed E-state index contributed by atoms with van der Waals surface area (Å²) >= 11 is 0. The van der Waals surface area contributed by atoms with Crippen molar-refractivity contribution in [3.05, 3.63) is 125 Å². The number of carboxylic acids is 2. The highest BCUT2D eigenvalue weighted by Gasteiger charge is 2.16. The van der Waals surface area contributed by atoms with Crippen LogP contribution in [0.3, 0.4) is 0 Å². The minimum Gasteiger partial charge on any atom is -0.482 e. The van der Waals surface area contributed by atoms with Gasteiger partial charge >= 0.3 is 11.9 Å². The standard InChI is InChI=1S/C42H44O5/c1-27(2)19-35-21-29(11-18-41(43)44)10-15-38(35)33-13-16-39(34-14-17-40(47-26-42(45)46)37(25-34)20-28(3)4)36(24-33)23-30-9-12-31-7-5-6-8-32(31)22-30/h5-10,12-17,21-22,24-25,27-28H,11,18-20,23,26H2,1-4H3,(H,43,44)(H,45,46). The molecule has 0 unspecified atom stereocenters. The lowest BCUT2D eigenvalue weighted by atomic mass is 9.87. The van der Waals surface area contributed by atoms with Crippen molar-refractivity contribution in [3.8, 4) is 28.0 Å². The number of hydrogen-bond donors (Lipinski definition) is 2. The van der Waals surface area contributed by atoms with E-state index in [-0.39, 0.29) is 13.0 Å². The fourth-order valence-corrected chi connectivity index (χ4v) is 6.33. The number of carbonyl (C=O) groups is 2. The van der Waals surface area contributed by atoms with Crippen molar-refractivity contribution in [1.29, 1.82) is 0 Å². The first-order valence-corrected chi connectivity index (χ1v) is 16.5. The molecule has 0 spiro atoms. The van der Waals surface area contributed by atoms with Crippen molar-refractivity contribution in [1.82, 2.24) is 0 Å². The lowest BCUT2D eigenvalue weighted by Gasteiger charge is -2.19. The van der Waals surface area contributed by atoms with Gasteiger partial charge < -0.3 is 14.9 Å². The molecule has 0 saturated heterocycles. The van der Waals surface area contributed by atoms with Gasteiger partial charge in [-0.1, -0.05) is 113 Å². The van der Waals surface area contributed by atoms with Crippen LogP contribution >= 0.6 is 0 Å². The van der Waals surface area contributed by atoms with Crippen molar-refractivity contribution in [2.24, 2.45) is 11.8 Å². The molecule has 0 heterocycles. The third kappa shape index (κ3) is 8.88. The summed E-state index contributed by atoms with van der Waals surface area (Å²) in [4.78, 5) is 22.5. The largest absolute Gasteiger partial charge is 0.482 e. The lowest BCUT2D eigenvalue weighted by Crippen LogP contribution is -2.11. The second-order valence-corrected chi connectivity index (χ2v) is 13.3. The fraction of sp³-hybridized carbons (Fsp3) is 0.286. The van der Waals surface area contributed by atoms with E-state index in [4.69, 9.17) is 4.74 Å². The first-order valence-electron chi connectivity index (χ1n) is 16.5. The molecule has 0 atom stereocenters. The number of hydrogen-bond acceptors (Lipinski definition) is 3. The molecule has 0 fully saturated rings. The molecule has 0 aliphatic rings. The van der Waals surface area contributed by atoms with Gasteiger partial charge in [0.15, 0.2) is 6.61 Å². The molecule has 0 amide bonds. The summed E-state index contributed by atoms with van der Waals surface area (Å²) in [5.74, 6) is -0.356. The maximum Gasteiger partial charge on any atom is 0.341 e. The SMILES string of the molecule is CC(C)Cc1cc(-c2ccc(-c3ccc(CCC(=O)O)cc3CC(C)C)cc2Cc2ccc3ccccc3c2)ccc1OCC(=O)O. The molecule has 5 rings (SSSR count).